The molecule has 2 heterocycles. The summed E-state index contributed by atoms with van der Waals surface area (Å²) >= 11 is 0. The average molecular weight is 618 g/mol. The van der Waals surface area contributed by atoms with Crippen LogP contribution in [0.25, 0.3) is 78.0 Å². The van der Waals surface area contributed by atoms with Crippen LogP contribution in [0.3, 0.4) is 0 Å². The second-order valence-electron chi connectivity index (χ2n) is 12.8. The van der Waals surface area contributed by atoms with Crippen LogP contribution in [0.5, 0.6) is 0 Å². The summed E-state index contributed by atoms with van der Waals surface area (Å²) in [5.74, 6) is 2.09. The Morgan fingerprint density at radius 2 is 0.936 bits per heavy atom. The molecule has 0 amide bonds. The van der Waals surface area contributed by atoms with Crippen molar-refractivity contribution in [2.24, 2.45) is 0 Å². The largest absolute Gasteiger partial charge is 0.208 e. The van der Waals surface area contributed by atoms with E-state index in [-0.39, 0.29) is 0 Å². The number of aromatic nitrogens is 3. The maximum Gasteiger partial charge on any atom is 0.164 e. The van der Waals surface area contributed by atoms with Gasteiger partial charge in [-0.2, -0.15) is 0 Å². The Balaban J connectivity index is 1.30. The minimum atomic E-state index is -2.11. The molecule has 222 valence electrons. The van der Waals surface area contributed by atoms with Gasteiger partial charge in [-0.05, 0) is 60.2 Å². The van der Waals surface area contributed by atoms with Gasteiger partial charge in [0.15, 0.2) is 17.5 Å². The lowest BCUT2D eigenvalue weighted by Crippen LogP contribution is -2.50. The van der Waals surface area contributed by atoms with E-state index >= 15 is 0 Å². The third-order valence-electron chi connectivity index (χ3n) is 9.72. The molecule has 0 saturated carbocycles. The van der Waals surface area contributed by atoms with E-state index in [0.29, 0.717) is 11.6 Å². The minimum Gasteiger partial charge on any atom is -0.208 e. The third-order valence-corrected chi connectivity index (χ3v) is 13.3. The highest BCUT2D eigenvalue weighted by atomic mass is 28.3. The van der Waals surface area contributed by atoms with Crippen LogP contribution in [0.4, 0.5) is 0 Å². The van der Waals surface area contributed by atoms with Crippen molar-refractivity contribution in [3.05, 3.63) is 152 Å². The van der Waals surface area contributed by atoms with E-state index in [2.05, 4.69) is 147 Å². The number of hydrogen-bond acceptors (Lipinski definition) is 3. The number of benzene rings is 7. The van der Waals surface area contributed by atoms with Gasteiger partial charge in [0.1, 0.15) is 8.07 Å². The standard InChI is InChI=1S/C43H31N3Si/c1-47(2)38-27-24-29-16-9-10-19-32(29)39(38)36-22-13-23-37(40(36)47)43-45-41(30-17-7-4-8-18-30)44-42(46-43)35-26-25-31(28-14-5-3-6-15-28)33-20-11-12-21-34(33)35/h3-27H,1-2H3. The summed E-state index contributed by atoms with van der Waals surface area (Å²) in [6, 6.07) is 53.9. The van der Waals surface area contributed by atoms with E-state index in [4.69, 9.17) is 15.0 Å². The van der Waals surface area contributed by atoms with Crippen LogP contribution in [-0.4, -0.2) is 23.0 Å². The van der Waals surface area contributed by atoms with Gasteiger partial charge < -0.3 is 0 Å². The monoisotopic (exact) mass is 617 g/mol. The Labute approximate surface area is 275 Å². The molecule has 1 aliphatic rings. The molecule has 0 aliphatic carbocycles. The Bertz CT molecular complexity index is 2490. The fourth-order valence-electron chi connectivity index (χ4n) is 7.53. The summed E-state index contributed by atoms with van der Waals surface area (Å²) in [5, 5.41) is 7.75. The molecule has 1 aliphatic heterocycles. The first kappa shape index (κ1) is 27.6. The lowest BCUT2D eigenvalue weighted by molar-refractivity contribution is 1.08. The van der Waals surface area contributed by atoms with E-state index in [0.717, 1.165) is 27.9 Å². The molecule has 0 atom stereocenters. The van der Waals surface area contributed by atoms with Crippen molar-refractivity contribution in [2.75, 3.05) is 0 Å². The van der Waals surface area contributed by atoms with E-state index in [1.165, 1.54) is 48.8 Å². The predicted molar refractivity (Wildman–Crippen MR) is 199 cm³/mol. The molecule has 8 aromatic rings. The second-order valence-corrected chi connectivity index (χ2v) is 17.1. The van der Waals surface area contributed by atoms with Gasteiger partial charge in [-0.1, -0.05) is 159 Å². The van der Waals surface area contributed by atoms with Crippen molar-refractivity contribution in [3.63, 3.8) is 0 Å². The molecule has 0 spiro atoms. The van der Waals surface area contributed by atoms with Gasteiger partial charge in [0, 0.05) is 16.7 Å². The van der Waals surface area contributed by atoms with Gasteiger partial charge in [0.2, 0.25) is 0 Å². The van der Waals surface area contributed by atoms with E-state index in [1.54, 1.807) is 0 Å². The topological polar surface area (TPSA) is 38.7 Å². The molecular weight excluding hydrogens is 587 g/mol. The fraction of sp³-hybridized carbons (Fsp3) is 0.0465. The zero-order valence-corrected chi connectivity index (χ0v) is 27.3. The first-order valence-corrected chi connectivity index (χ1v) is 19.1. The molecule has 7 aromatic carbocycles. The summed E-state index contributed by atoms with van der Waals surface area (Å²) in [6.07, 6.45) is 0. The maximum absolute atomic E-state index is 5.32. The maximum atomic E-state index is 5.32. The van der Waals surface area contributed by atoms with E-state index in [9.17, 15) is 0 Å². The van der Waals surface area contributed by atoms with E-state index in [1.807, 2.05) is 18.2 Å². The molecule has 0 bridgehead atoms. The molecule has 0 unspecified atom stereocenters. The van der Waals surface area contributed by atoms with Gasteiger partial charge >= 0.3 is 0 Å². The Morgan fingerprint density at radius 3 is 1.68 bits per heavy atom. The summed E-state index contributed by atoms with van der Waals surface area (Å²) in [6.45, 7) is 4.93. The normalized spacial score (nSPS) is 13.1. The van der Waals surface area contributed by atoms with Crippen molar-refractivity contribution < 1.29 is 0 Å². The van der Waals surface area contributed by atoms with Crippen molar-refractivity contribution in [1.29, 1.82) is 0 Å². The molecule has 3 nitrogen and oxygen atoms in total. The van der Waals surface area contributed by atoms with Gasteiger partial charge in [-0.25, -0.2) is 15.0 Å². The van der Waals surface area contributed by atoms with Crippen molar-refractivity contribution in [3.8, 4) is 56.4 Å². The van der Waals surface area contributed by atoms with Crippen LogP contribution in [0.2, 0.25) is 13.1 Å². The first-order chi connectivity index (χ1) is 23.1. The van der Waals surface area contributed by atoms with Crippen molar-refractivity contribution in [1.82, 2.24) is 15.0 Å². The SMILES string of the molecule is C[Si]1(C)c2ccc3ccccc3c2-c2cccc(-c3nc(-c4ccccc4)nc(-c4ccc(-c5ccccc5)c5ccccc45)n3)c21. The van der Waals surface area contributed by atoms with Gasteiger partial charge in [-0.3, -0.25) is 0 Å². The van der Waals surface area contributed by atoms with Crippen LogP contribution in [0.1, 0.15) is 0 Å². The number of rotatable bonds is 4. The zero-order chi connectivity index (χ0) is 31.5. The Morgan fingerprint density at radius 1 is 0.383 bits per heavy atom. The van der Waals surface area contributed by atoms with E-state index < -0.39 is 8.07 Å². The summed E-state index contributed by atoms with van der Waals surface area (Å²) in [5.41, 5.74) is 8.14. The minimum absolute atomic E-state index is 0.680. The lowest BCUT2D eigenvalue weighted by Gasteiger charge is -2.22. The van der Waals surface area contributed by atoms with Gasteiger partial charge in [-0.15, -0.1) is 0 Å². The first-order valence-electron chi connectivity index (χ1n) is 16.1. The van der Waals surface area contributed by atoms with Gasteiger partial charge in [0.25, 0.3) is 0 Å². The number of nitrogens with zero attached hydrogens (tertiary/aromatic N) is 3. The van der Waals surface area contributed by atoms with Crippen LogP contribution in [0.15, 0.2) is 152 Å². The molecule has 0 saturated heterocycles. The summed E-state index contributed by atoms with van der Waals surface area (Å²) in [4.78, 5) is 15.7. The zero-order valence-electron chi connectivity index (χ0n) is 26.3. The van der Waals surface area contributed by atoms with Gasteiger partial charge in [0.05, 0.1) is 0 Å². The Kier molecular flexibility index (Phi) is 6.27. The smallest absolute Gasteiger partial charge is 0.164 e. The van der Waals surface area contributed by atoms with Crippen LogP contribution in [-0.2, 0) is 0 Å². The van der Waals surface area contributed by atoms with Crippen LogP contribution >= 0.6 is 0 Å². The van der Waals surface area contributed by atoms with Crippen molar-refractivity contribution >= 4 is 40.0 Å². The number of hydrogen-bond donors (Lipinski definition) is 0. The van der Waals surface area contributed by atoms with Crippen LogP contribution < -0.4 is 10.4 Å². The average Bonchev–Trinajstić information content (AvgIpc) is 3.38. The molecular formula is C43H31N3Si. The van der Waals surface area contributed by atoms with Crippen molar-refractivity contribution in [2.45, 2.75) is 13.1 Å². The Hall–Kier alpha value is -5.71. The lowest BCUT2D eigenvalue weighted by atomic mass is 9.94. The quantitative estimate of drug-likeness (QED) is 0.185. The predicted octanol–water partition coefficient (Wildman–Crippen LogP) is 9.65. The highest BCUT2D eigenvalue weighted by Gasteiger charge is 2.40. The molecule has 0 radical (unpaired) electrons. The number of fused-ring (bicyclic) bond motifs is 6. The molecule has 0 N–H and O–H groups in total. The summed E-state index contributed by atoms with van der Waals surface area (Å²) < 4.78 is 0. The molecule has 4 heteroatoms. The second kappa shape index (κ2) is 10.7. The highest BCUT2D eigenvalue weighted by Crippen LogP contribution is 2.39. The fourth-order valence-corrected chi connectivity index (χ4v) is 10.9. The highest BCUT2D eigenvalue weighted by molar-refractivity contribution is 7.04. The molecule has 9 rings (SSSR count). The third kappa shape index (κ3) is 4.37. The molecule has 0 fully saturated rings. The molecule has 1 aromatic heterocycles. The molecule has 47 heavy (non-hydrogen) atoms. The summed E-state index contributed by atoms with van der Waals surface area (Å²) in [7, 11) is -2.11. The van der Waals surface area contributed by atoms with Crippen LogP contribution in [0, 0.1) is 0 Å².